The molecule has 0 heterocycles. The van der Waals surface area contributed by atoms with Crippen molar-refractivity contribution in [3.63, 3.8) is 0 Å². The van der Waals surface area contributed by atoms with Gasteiger partial charge < -0.3 is 14.4 Å². The molecule has 5 heteroatoms. The molecule has 0 unspecified atom stereocenters. The molecule has 0 bridgehead atoms. The number of nitrogens with zero attached hydrogens (tertiary/aromatic N) is 1. The zero-order valence-corrected chi connectivity index (χ0v) is 18.8. The third kappa shape index (κ3) is 18.1. The van der Waals surface area contributed by atoms with Gasteiger partial charge in [-0.25, -0.2) is 4.79 Å². The largest absolute Gasteiger partial charge is 0.464 e. The van der Waals surface area contributed by atoms with Crippen molar-refractivity contribution >= 4 is 12.1 Å². The summed E-state index contributed by atoms with van der Waals surface area (Å²) in [5.74, 6) is -0.381. The van der Waals surface area contributed by atoms with E-state index in [0.29, 0.717) is 6.61 Å². The van der Waals surface area contributed by atoms with Gasteiger partial charge in [-0.2, -0.15) is 0 Å². The van der Waals surface area contributed by atoms with E-state index >= 15 is 0 Å². The lowest BCUT2D eigenvalue weighted by Crippen LogP contribution is -2.32. The molecular weight excluding hydrogens is 354 g/mol. The standard InChI is InChI=1S/C23H45NO4/c1-4-5-6-7-8-9-10-11-12-13-14-15-16-17-18-19-20-28-22(25)21-24(2)23(26)27-3/h4-21H2,1-3H3. The number of rotatable bonds is 19. The normalized spacial score (nSPS) is 10.7. The van der Waals surface area contributed by atoms with E-state index in [-0.39, 0.29) is 12.5 Å². The number of hydrogen-bond donors (Lipinski definition) is 0. The van der Waals surface area contributed by atoms with E-state index in [9.17, 15) is 9.59 Å². The van der Waals surface area contributed by atoms with Gasteiger partial charge in [-0.1, -0.05) is 103 Å². The fourth-order valence-electron chi connectivity index (χ4n) is 3.30. The second kappa shape index (κ2) is 20.5. The van der Waals surface area contributed by atoms with Crippen molar-refractivity contribution < 1.29 is 19.1 Å². The third-order valence-corrected chi connectivity index (χ3v) is 5.11. The van der Waals surface area contributed by atoms with Gasteiger partial charge in [-0.15, -0.1) is 0 Å². The molecule has 0 fully saturated rings. The zero-order chi connectivity index (χ0) is 20.9. The van der Waals surface area contributed by atoms with Crippen LogP contribution < -0.4 is 0 Å². The van der Waals surface area contributed by atoms with E-state index in [1.165, 1.54) is 109 Å². The molecular formula is C23H45NO4. The fourth-order valence-corrected chi connectivity index (χ4v) is 3.30. The molecule has 1 amide bonds. The molecule has 28 heavy (non-hydrogen) atoms. The minimum absolute atomic E-state index is 0.0640. The molecule has 5 nitrogen and oxygen atoms in total. The quantitative estimate of drug-likeness (QED) is 0.184. The first-order chi connectivity index (χ1) is 13.6. The van der Waals surface area contributed by atoms with E-state index in [0.717, 1.165) is 12.8 Å². The molecule has 0 saturated heterocycles. The maximum atomic E-state index is 11.6. The predicted molar refractivity (Wildman–Crippen MR) is 116 cm³/mol. The summed E-state index contributed by atoms with van der Waals surface area (Å²) in [6.45, 7) is 2.64. The van der Waals surface area contributed by atoms with E-state index in [4.69, 9.17) is 4.74 Å². The van der Waals surface area contributed by atoms with Gasteiger partial charge in [-0.3, -0.25) is 4.79 Å². The van der Waals surface area contributed by atoms with Gasteiger partial charge in [-0.05, 0) is 6.42 Å². The minimum atomic E-state index is -0.528. The number of ether oxygens (including phenoxy) is 2. The number of esters is 1. The average molecular weight is 400 g/mol. The highest BCUT2D eigenvalue weighted by molar-refractivity contribution is 5.77. The van der Waals surface area contributed by atoms with Gasteiger partial charge in [0.2, 0.25) is 0 Å². The van der Waals surface area contributed by atoms with Crippen LogP contribution in [0.1, 0.15) is 110 Å². The zero-order valence-electron chi connectivity index (χ0n) is 18.8. The molecule has 0 atom stereocenters. The summed E-state index contributed by atoms with van der Waals surface area (Å²) in [6, 6.07) is 0. The summed E-state index contributed by atoms with van der Waals surface area (Å²) < 4.78 is 9.67. The van der Waals surface area contributed by atoms with Gasteiger partial charge in [0.25, 0.3) is 0 Å². The molecule has 166 valence electrons. The van der Waals surface area contributed by atoms with Gasteiger partial charge in [0.1, 0.15) is 6.54 Å². The highest BCUT2D eigenvalue weighted by Gasteiger charge is 2.13. The van der Waals surface area contributed by atoms with E-state index in [1.54, 1.807) is 0 Å². The third-order valence-electron chi connectivity index (χ3n) is 5.11. The van der Waals surface area contributed by atoms with Gasteiger partial charge in [0.05, 0.1) is 13.7 Å². The monoisotopic (exact) mass is 399 g/mol. The lowest BCUT2D eigenvalue weighted by molar-refractivity contribution is -0.144. The number of carbonyl (C=O) groups is 2. The van der Waals surface area contributed by atoms with E-state index in [2.05, 4.69) is 11.7 Å². The van der Waals surface area contributed by atoms with Crippen LogP contribution in [-0.4, -0.2) is 44.3 Å². The lowest BCUT2D eigenvalue weighted by Gasteiger charge is -2.14. The van der Waals surface area contributed by atoms with Gasteiger partial charge >= 0.3 is 12.1 Å². The maximum Gasteiger partial charge on any atom is 0.409 e. The summed E-state index contributed by atoms with van der Waals surface area (Å²) in [5.41, 5.74) is 0. The lowest BCUT2D eigenvalue weighted by atomic mass is 10.0. The Morgan fingerprint density at radius 1 is 0.679 bits per heavy atom. The van der Waals surface area contributed by atoms with Crippen LogP contribution in [0, 0.1) is 0 Å². The number of unbranched alkanes of at least 4 members (excludes halogenated alkanes) is 15. The average Bonchev–Trinajstić information content (AvgIpc) is 2.69. The van der Waals surface area contributed by atoms with Gasteiger partial charge in [0, 0.05) is 7.05 Å². The highest BCUT2D eigenvalue weighted by atomic mass is 16.5. The van der Waals surface area contributed by atoms with Crippen molar-refractivity contribution in [2.75, 3.05) is 27.3 Å². The summed E-state index contributed by atoms with van der Waals surface area (Å²) in [6.07, 6.45) is 20.7. The Morgan fingerprint density at radius 3 is 1.46 bits per heavy atom. The van der Waals surface area contributed by atoms with Crippen LogP contribution in [0.4, 0.5) is 4.79 Å². The topological polar surface area (TPSA) is 55.8 Å². The molecule has 0 saturated carbocycles. The number of methoxy groups -OCH3 is 1. The first-order valence-electron chi connectivity index (χ1n) is 11.6. The Labute approximate surface area is 173 Å². The SMILES string of the molecule is CCCCCCCCCCCCCCCCCCOC(=O)CN(C)C(=O)OC. The molecule has 0 N–H and O–H groups in total. The summed E-state index contributed by atoms with van der Waals surface area (Å²) in [5, 5.41) is 0. The Kier molecular flexibility index (Phi) is 19.6. The van der Waals surface area contributed by atoms with Crippen molar-refractivity contribution in [3.8, 4) is 0 Å². The van der Waals surface area contributed by atoms with Crippen molar-refractivity contribution in [1.29, 1.82) is 0 Å². The van der Waals surface area contributed by atoms with Crippen LogP contribution in [-0.2, 0) is 14.3 Å². The van der Waals surface area contributed by atoms with Crippen LogP contribution in [0.25, 0.3) is 0 Å². The van der Waals surface area contributed by atoms with Crippen LogP contribution >= 0.6 is 0 Å². The number of amides is 1. The summed E-state index contributed by atoms with van der Waals surface area (Å²) in [7, 11) is 2.81. The smallest absolute Gasteiger partial charge is 0.409 e. The molecule has 0 aliphatic heterocycles. The number of carbonyl (C=O) groups excluding carboxylic acids is 2. The summed E-state index contributed by atoms with van der Waals surface area (Å²) in [4.78, 5) is 23.9. The molecule has 0 aromatic carbocycles. The highest BCUT2D eigenvalue weighted by Crippen LogP contribution is 2.13. The van der Waals surface area contributed by atoms with Crippen LogP contribution in [0.3, 0.4) is 0 Å². The van der Waals surface area contributed by atoms with Crippen LogP contribution in [0.5, 0.6) is 0 Å². The molecule has 0 aromatic heterocycles. The Hall–Kier alpha value is -1.26. The van der Waals surface area contributed by atoms with Crippen molar-refractivity contribution in [1.82, 2.24) is 4.90 Å². The van der Waals surface area contributed by atoms with Gasteiger partial charge in [0.15, 0.2) is 0 Å². The minimum Gasteiger partial charge on any atom is -0.464 e. The molecule has 0 aromatic rings. The van der Waals surface area contributed by atoms with E-state index in [1.807, 2.05) is 0 Å². The second-order valence-corrected chi connectivity index (χ2v) is 7.85. The predicted octanol–water partition coefficient (Wildman–Crippen LogP) is 6.49. The van der Waals surface area contributed by atoms with Crippen molar-refractivity contribution in [2.24, 2.45) is 0 Å². The first kappa shape index (κ1) is 26.7. The summed E-state index contributed by atoms with van der Waals surface area (Å²) >= 11 is 0. The molecule has 0 spiro atoms. The number of likely N-dealkylation sites (N-methyl/N-ethyl adjacent to an activating group) is 1. The Balaban J connectivity index is 3.21. The number of hydrogen-bond acceptors (Lipinski definition) is 4. The Morgan fingerprint density at radius 2 is 1.07 bits per heavy atom. The van der Waals surface area contributed by atoms with E-state index < -0.39 is 6.09 Å². The first-order valence-corrected chi connectivity index (χ1v) is 11.6. The molecule has 0 rings (SSSR count). The van der Waals surface area contributed by atoms with Crippen molar-refractivity contribution in [3.05, 3.63) is 0 Å². The fraction of sp³-hybridized carbons (Fsp3) is 0.913. The van der Waals surface area contributed by atoms with Crippen LogP contribution in [0.15, 0.2) is 0 Å². The Bertz CT molecular complexity index is 374. The van der Waals surface area contributed by atoms with Crippen LogP contribution in [0.2, 0.25) is 0 Å². The molecule has 0 aliphatic carbocycles. The van der Waals surface area contributed by atoms with Crippen molar-refractivity contribution in [2.45, 2.75) is 110 Å². The maximum absolute atomic E-state index is 11.6. The second-order valence-electron chi connectivity index (χ2n) is 7.85. The molecule has 0 aliphatic rings. The molecule has 0 radical (unpaired) electrons.